The summed E-state index contributed by atoms with van der Waals surface area (Å²) in [5, 5.41) is 0. The predicted octanol–water partition coefficient (Wildman–Crippen LogP) is 4.20. The van der Waals surface area contributed by atoms with E-state index in [9.17, 15) is 9.36 Å². The van der Waals surface area contributed by atoms with E-state index in [2.05, 4.69) is 12.2 Å². The molecule has 120 valence electrons. The third-order valence-electron chi connectivity index (χ3n) is 4.26. The summed E-state index contributed by atoms with van der Waals surface area (Å²) in [6.45, 7) is 9.03. The monoisotopic (exact) mass is 314 g/mol. The zero-order chi connectivity index (χ0) is 15.8. The van der Waals surface area contributed by atoms with Gasteiger partial charge >= 0.3 is 7.60 Å². The molecule has 0 aliphatic heterocycles. The fraction of sp³-hybridized carbons (Fsp3) is 0.812. The van der Waals surface area contributed by atoms with Crippen molar-refractivity contribution in [2.75, 3.05) is 0 Å². The molecule has 0 heterocycles. The molecular formula is C16H27O4P. The Balaban J connectivity index is 2.39. The minimum absolute atomic E-state index is 0.0963. The van der Waals surface area contributed by atoms with Gasteiger partial charge < -0.3 is 9.05 Å². The van der Waals surface area contributed by atoms with Crippen LogP contribution in [0.3, 0.4) is 0 Å². The van der Waals surface area contributed by atoms with Gasteiger partial charge in [-0.15, -0.1) is 0 Å². The van der Waals surface area contributed by atoms with E-state index in [1.165, 1.54) is 0 Å². The first-order valence-corrected chi connectivity index (χ1v) is 9.51. The molecule has 0 amide bonds. The van der Waals surface area contributed by atoms with E-state index in [1.807, 2.05) is 27.7 Å². The Bertz CT molecular complexity index is 455. The summed E-state index contributed by atoms with van der Waals surface area (Å²) in [7, 11) is -3.33. The van der Waals surface area contributed by atoms with Crippen LogP contribution in [0.1, 0.15) is 47.5 Å². The third-order valence-corrected chi connectivity index (χ3v) is 7.12. The molecule has 3 aliphatic carbocycles. The summed E-state index contributed by atoms with van der Waals surface area (Å²) < 4.78 is 25.0. The molecule has 0 spiro atoms. The average molecular weight is 314 g/mol. The minimum Gasteiger partial charge on any atom is -0.306 e. The molecule has 4 atom stereocenters. The number of fused-ring (bicyclic) bond motifs is 2. The molecule has 21 heavy (non-hydrogen) atoms. The molecule has 0 radical (unpaired) electrons. The second kappa shape index (κ2) is 6.36. The van der Waals surface area contributed by atoms with Crippen LogP contribution in [0.4, 0.5) is 0 Å². The Morgan fingerprint density at radius 1 is 1.05 bits per heavy atom. The van der Waals surface area contributed by atoms with Crippen LogP contribution in [0.2, 0.25) is 0 Å². The number of carbonyl (C=O) groups excluding carboxylic acids is 1. The van der Waals surface area contributed by atoms with E-state index in [0.29, 0.717) is 0 Å². The van der Waals surface area contributed by atoms with E-state index in [-0.39, 0.29) is 41.4 Å². The molecule has 4 nitrogen and oxygen atoms in total. The molecule has 1 saturated carbocycles. The van der Waals surface area contributed by atoms with Gasteiger partial charge in [0.05, 0.1) is 17.9 Å². The van der Waals surface area contributed by atoms with Crippen LogP contribution in [-0.4, -0.2) is 23.7 Å². The third kappa shape index (κ3) is 3.49. The van der Waals surface area contributed by atoms with E-state index < -0.39 is 7.60 Å². The summed E-state index contributed by atoms with van der Waals surface area (Å²) in [5.74, 6) is 0.153. The van der Waals surface area contributed by atoms with Crippen molar-refractivity contribution < 1.29 is 18.4 Å². The van der Waals surface area contributed by atoms with Crippen LogP contribution in [0, 0.1) is 17.8 Å². The van der Waals surface area contributed by atoms with Crippen molar-refractivity contribution in [1.29, 1.82) is 0 Å². The van der Waals surface area contributed by atoms with Crippen molar-refractivity contribution >= 4 is 13.4 Å². The first kappa shape index (κ1) is 16.9. The number of ketones is 1. The number of rotatable bonds is 6. The highest BCUT2D eigenvalue weighted by Crippen LogP contribution is 2.64. The molecule has 0 N–H and O–H groups in total. The van der Waals surface area contributed by atoms with Crippen LogP contribution in [0.5, 0.6) is 0 Å². The Hall–Kier alpha value is -0.440. The van der Waals surface area contributed by atoms with Gasteiger partial charge in [0.2, 0.25) is 0 Å². The molecular weight excluding hydrogens is 287 g/mol. The van der Waals surface area contributed by atoms with Gasteiger partial charge in [-0.2, -0.15) is 0 Å². The highest BCUT2D eigenvalue weighted by molar-refractivity contribution is 7.54. The van der Waals surface area contributed by atoms with Crippen LogP contribution >= 0.6 is 7.60 Å². The smallest absolute Gasteiger partial charge is 0.306 e. The maximum Gasteiger partial charge on any atom is 0.335 e. The van der Waals surface area contributed by atoms with Gasteiger partial charge in [-0.1, -0.05) is 12.2 Å². The fourth-order valence-corrected chi connectivity index (χ4v) is 6.74. The molecule has 3 rings (SSSR count). The first-order valence-electron chi connectivity index (χ1n) is 7.90. The Morgan fingerprint density at radius 2 is 1.52 bits per heavy atom. The first-order chi connectivity index (χ1) is 9.74. The predicted molar refractivity (Wildman–Crippen MR) is 83.4 cm³/mol. The second-order valence-electron chi connectivity index (χ2n) is 6.77. The molecule has 2 bridgehead atoms. The summed E-state index contributed by atoms with van der Waals surface area (Å²) in [6, 6.07) is 0. The average Bonchev–Trinajstić information content (AvgIpc) is 2.36. The number of allylic oxidation sites excluding steroid dienone is 2. The molecule has 0 aromatic carbocycles. The van der Waals surface area contributed by atoms with E-state index in [0.717, 1.165) is 12.8 Å². The summed E-state index contributed by atoms with van der Waals surface area (Å²) in [4.78, 5) is 12.2. The van der Waals surface area contributed by atoms with E-state index in [1.54, 1.807) is 6.92 Å². The topological polar surface area (TPSA) is 52.6 Å². The zero-order valence-corrected chi connectivity index (χ0v) is 14.5. The van der Waals surface area contributed by atoms with E-state index >= 15 is 0 Å². The van der Waals surface area contributed by atoms with Crippen molar-refractivity contribution in [1.82, 2.24) is 0 Å². The standard InChI is InChI=1S/C16H27O4P/c1-10(2)19-21(18,20-11(3)4)16-14-8-6-13(7-9-14)15(16)12(5)17/h6,8,10-11,13-16H,7,9H2,1-5H3/t13-,14+,15-,16-/m0/s1. The quantitative estimate of drug-likeness (QED) is 0.544. The summed E-state index contributed by atoms with van der Waals surface area (Å²) >= 11 is 0. The molecule has 0 aromatic heterocycles. The second-order valence-corrected chi connectivity index (χ2v) is 8.86. The lowest BCUT2D eigenvalue weighted by atomic mass is 9.67. The fourth-order valence-electron chi connectivity index (χ4n) is 3.69. The van der Waals surface area contributed by atoms with Gasteiger partial charge in [-0.25, -0.2) is 0 Å². The van der Waals surface area contributed by atoms with Gasteiger partial charge in [-0.3, -0.25) is 9.36 Å². The van der Waals surface area contributed by atoms with Crippen molar-refractivity contribution in [3.63, 3.8) is 0 Å². The van der Waals surface area contributed by atoms with E-state index in [4.69, 9.17) is 9.05 Å². The summed E-state index contributed by atoms with van der Waals surface area (Å²) in [6.07, 6.45) is 5.80. The lowest BCUT2D eigenvalue weighted by Crippen LogP contribution is -2.45. The maximum absolute atomic E-state index is 13.5. The van der Waals surface area contributed by atoms with Crippen molar-refractivity contribution in [3.8, 4) is 0 Å². The van der Waals surface area contributed by atoms with Gasteiger partial charge in [0.25, 0.3) is 0 Å². The maximum atomic E-state index is 13.5. The Morgan fingerprint density at radius 3 is 1.90 bits per heavy atom. The number of hydrogen-bond acceptors (Lipinski definition) is 4. The van der Waals surface area contributed by atoms with Gasteiger partial charge in [0.15, 0.2) is 0 Å². The lowest BCUT2D eigenvalue weighted by molar-refractivity contribution is -0.123. The zero-order valence-electron chi connectivity index (χ0n) is 13.6. The normalized spacial score (nSPS) is 32.1. The SMILES string of the molecule is CC(=O)[C@@H]1[C@@H](P(=O)(OC(C)C)OC(C)C)[C@@H]2C=C[C@H]1CC2. The molecule has 0 aromatic rings. The molecule has 3 aliphatic rings. The number of carbonyl (C=O) groups is 1. The van der Waals surface area contributed by atoms with Gasteiger partial charge in [-0.05, 0) is 59.3 Å². The molecule has 5 heteroatoms. The highest BCUT2D eigenvalue weighted by Gasteiger charge is 2.54. The highest BCUT2D eigenvalue weighted by atomic mass is 31.2. The van der Waals surface area contributed by atoms with Gasteiger partial charge in [0.1, 0.15) is 5.78 Å². The lowest BCUT2D eigenvalue weighted by Gasteiger charge is -2.46. The van der Waals surface area contributed by atoms with Crippen molar-refractivity contribution in [3.05, 3.63) is 12.2 Å². The molecule has 0 unspecified atom stereocenters. The number of hydrogen-bond donors (Lipinski definition) is 0. The largest absolute Gasteiger partial charge is 0.335 e. The van der Waals surface area contributed by atoms with Crippen molar-refractivity contribution in [2.24, 2.45) is 17.8 Å². The minimum atomic E-state index is -3.33. The van der Waals surface area contributed by atoms with Gasteiger partial charge in [0, 0.05) is 5.92 Å². The van der Waals surface area contributed by atoms with Crippen LogP contribution in [-0.2, 0) is 18.4 Å². The Labute approximate surface area is 127 Å². The molecule has 1 fully saturated rings. The van der Waals surface area contributed by atoms with Crippen LogP contribution in [0.15, 0.2) is 12.2 Å². The number of Topliss-reactive ketones (excluding diaryl/α,β-unsaturated/α-hetero) is 1. The Kier molecular flexibility index (Phi) is 5.12. The summed E-state index contributed by atoms with van der Waals surface area (Å²) in [5.41, 5.74) is -0.330. The van der Waals surface area contributed by atoms with Crippen LogP contribution in [0.25, 0.3) is 0 Å². The van der Waals surface area contributed by atoms with Crippen molar-refractivity contribution in [2.45, 2.75) is 65.3 Å². The molecule has 0 saturated heterocycles. The van der Waals surface area contributed by atoms with Crippen LogP contribution < -0.4 is 0 Å².